The fourth-order valence-electron chi connectivity index (χ4n) is 3.05. The van der Waals surface area contributed by atoms with Gasteiger partial charge in [0.2, 0.25) is 0 Å². The third-order valence-corrected chi connectivity index (χ3v) is 4.55. The van der Waals surface area contributed by atoms with Gasteiger partial charge < -0.3 is 14.8 Å². The number of hydrogen-bond acceptors (Lipinski definition) is 3. The minimum Gasteiger partial charge on any atom is -0.494 e. The first-order valence-electron chi connectivity index (χ1n) is 9.87. The van der Waals surface area contributed by atoms with Gasteiger partial charge in [0.05, 0.1) is 6.61 Å². The van der Waals surface area contributed by atoms with Gasteiger partial charge in [-0.1, -0.05) is 48.0 Å². The molecule has 150 valence electrons. The van der Waals surface area contributed by atoms with E-state index in [2.05, 4.69) is 29.6 Å². The van der Waals surface area contributed by atoms with Gasteiger partial charge >= 0.3 is 0 Å². The van der Waals surface area contributed by atoms with Gasteiger partial charge in [-0.2, -0.15) is 0 Å². The molecular weight excluding hydrogens is 362 g/mol. The second-order valence-electron chi connectivity index (χ2n) is 7.07. The molecule has 1 N–H and O–H groups in total. The molecule has 3 aromatic carbocycles. The standard InChI is InChI=1S/C25H27NO3/c1-19-10-15-24(20(2)17-19)29-18-25(27)26-22-11-13-23(14-12-22)28-16-6-9-21-7-4-3-5-8-21/h3-5,7-8,10-15,17H,6,9,16,18H2,1-2H3,(H,26,27). The summed E-state index contributed by atoms with van der Waals surface area (Å²) in [7, 11) is 0. The van der Waals surface area contributed by atoms with Crippen LogP contribution in [-0.4, -0.2) is 19.1 Å². The van der Waals surface area contributed by atoms with Crippen molar-refractivity contribution in [3.63, 3.8) is 0 Å². The molecule has 0 aromatic heterocycles. The number of hydrogen-bond donors (Lipinski definition) is 1. The normalized spacial score (nSPS) is 10.4. The Labute approximate surface area is 172 Å². The molecule has 0 unspecified atom stereocenters. The third kappa shape index (κ3) is 6.68. The van der Waals surface area contributed by atoms with Crippen LogP contribution in [0.5, 0.6) is 11.5 Å². The van der Waals surface area contributed by atoms with E-state index in [1.54, 1.807) is 0 Å². The number of carbonyl (C=O) groups is 1. The van der Waals surface area contributed by atoms with Crippen molar-refractivity contribution in [3.05, 3.63) is 89.5 Å². The van der Waals surface area contributed by atoms with Crippen molar-refractivity contribution in [1.82, 2.24) is 0 Å². The van der Waals surface area contributed by atoms with Gasteiger partial charge in [0, 0.05) is 5.69 Å². The lowest BCUT2D eigenvalue weighted by atomic mass is 10.1. The summed E-state index contributed by atoms with van der Waals surface area (Å²) in [4.78, 5) is 12.1. The average Bonchev–Trinajstić information content (AvgIpc) is 2.72. The van der Waals surface area contributed by atoms with E-state index in [9.17, 15) is 4.79 Å². The van der Waals surface area contributed by atoms with Crippen LogP contribution in [0.25, 0.3) is 0 Å². The Balaban J connectivity index is 1.39. The molecule has 0 aliphatic carbocycles. The van der Waals surface area contributed by atoms with E-state index in [4.69, 9.17) is 9.47 Å². The molecule has 1 amide bonds. The molecule has 0 fully saturated rings. The Hall–Kier alpha value is -3.27. The van der Waals surface area contributed by atoms with E-state index in [0.717, 1.165) is 35.6 Å². The molecule has 3 rings (SSSR count). The first-order valence-corrected chi connectivity index (χ1v) is 9.87. The van der Waals surface area contributed by atoms with Crippen molar-refractivity contribution in [2.45, 2.75) is 26.7 Å². The maximum absolute atomic E-state index is 12.1. The lowest BCUT2D eigenvalue weighted by molar-refractivity contribution is -0.118. The molecule has 0 spiro atoms. The number of aryl methyl sites for hydroxylation is 3. The number of carbonyl (C=O) groups excluding carboxylic acids is 1. The molecule has 0 bridgehead atoms. The van der Waals surface area contributed by atoms with Crippen LogP contribution in [0.1, 0.15) is 23.1 Å². The Morgan fingerprint density at radius 1 is 0.897 bits per heavy atom. The average molecular weight is 389 g/mol. The lowest BCUT2D eigenvalue weighted by Crippen LogP contribution is -2.20. The van der Waals surface area contributed by atoms with Gasteiger partial charge in [-0.25, -0.2) is 0 Å². The Kier molecular flexibility index (Phi) is 7.28. The zero-order valence-electron chi connectivity index (χ0n) is 17.0. The molecule has 29 heavy (non-hydrogen) atoms. The molecular formula is C25H27NO3. The third-order valence-electron chi connectivity index (χ3n) is 4.55. The highest BCUT2D eigenvalue weighted by Crippen LogP contribution is 2.19. The summed E-state index contributed by atoms with van der Waals surface area (Å²) in [5.74, 6) is 1.33. The van der Waals surface area contributed by atoms with Crippen LogP contribution in [0.4, 0.5) is 5.69 Å². The van der Waals surface area contributed by atoms with E-state index in [1.165, 1.54) is 11.1 Å². The van der Waals surface area contributed by atoms with Crippen molar-refractivity contribution >= 4 is 11.6 Å². The zero-order valence-corrected chi connectivity index (χ0v) is 17.0. The minimum absolute atomic E-state index is 0.0262. The SMILES string of the molecule is Cc1ccc(OCC(=O)Nc2ccc(OCCCc3ccccc3)cc2)c(C)c1. The van der Waals surface area contributed by atoms with Gasteiger partial charge in [-0.05, 0) is 68.1 Å². The maximum atomic E-state index is 12.1. The van der Waals surface area contributed by atoms with Crippen molar-refractivity contribution in [3.8, 4) is 11.5 Å². The van der Waals surface area contributed by atoms with Crippen LogP contribution < -0.4 is 14.8 Å². The van der Waals surface area contributed by atoms with Crippen LogP contribution in [0.3, 0.4) is 0 Å². The second-order valence-corrected chi connectivity index (χ2v) is 7.07. The summed E-state index contributed by atoms with van der Waals surface area (Å²) in [6, 6.07) is 23.7. The maximum Gasteiger partial charge on any atom is 0.262 e. The first kappa shape index (κ1) is 20.5. The quantitative estimate of drug-likeness (QED) is 0.503. The topological polar surface area (TPSA) is 47.6 Å². The summed E-state index contributed by atoms with van der Waals surface area (Å²) in [6.07, 6.45) is 1.95. The molecule has 0 aliphatic rings. The highest BCUT2D eigenvalue weighted by molar-refractivity contribution is 5.91. The molecule has 0 radical (unpaired) electrons. The monoisotopic (exact) mass is 389 g/mol. The van der Waals surface area contributed by atoms with E-state index in [1.807, 2.05) is 62.4 Å². The molecule has 0 aliphatic heterocycles. The van der Waals surface area contributed by atoms with Gasteiger partial charge in [0.25, 0.3) is 5.91 Å². The Morgan fingerprint density at radius 2 is 1.66 bits per heavy atom. The molecule has 0 saturated carbocycles. The first-order chi connectivity index (χ1) is 14.1. The summed E-state index contributed by atoms with van der Waals surface area (Å²) in [5.41, 5.74) is 4.22. The minimum atomic E-state index is -0.193. The van der Waals surface area contributed by atoms with Crippen LogP contribution in [-0.2, 0) is 11.2 Å². The fourth-order valence-corrected chi connectivity index (χ4v) is 3.05. The van der Waals surface area contributed by atoms with Crippen LogP contribution in [0.2, 0.25) is 0 Å². The van der Waals surface area contributed by atoms with Gasteiger partial charge in [-0.15, -0.1) is 0 Å². The van der Waals surface area contributed by atoms with Crippen molar-refractivity contribution in [1.29, 1.82) is 0 Å². The van der Waals surface area contributed by atoms with Crippen molar-refractivity contribution in [2.24, 2.45) is 0 Å². The van der Waals surface area contributed by atoms with E-state index in [0.29, 0.717) is 6.61 Å². The van der Waals surface area contributed by atoms with Crippen molar-refractivity contribution < 1.29 is 14.3 Å². The number of nitrogens with one attached hydrogen (secondary N) is 1. The van der Waals surface area contributed by atoms with E-state index >= 15 is 0 Å². The second kappa shape index (κ2) is 10.3. The largest absolute Gasteiger partial charge is 0.494 e. The lowest BCUT2D eigenvalue weighted by Gasteiger charge is -2.11. The molecule has 0 atom stereocenters. The van der Waals surface area contributed by atoms with Gasteiger partial charge in [-0.3, -0.25) is 4.79 Å². The fraction of sp³-hybridized carbons (Fsp3) is 0.240. The van der Waals surface area contributed by atoms with E-state index < -0.39 is 0 Å². The number of anilines is 1. The molecule has 0 saturated heterocycles. The molecule has 3 aromatic rings. The Morgan fingerprint density at radius 3 is 2.38 bits per heavy atom. The molecule has 0 heterocycles. The van der Waals surface area contributed by atoms with Crippen LogP contribution >= 0.6 is 0 Å². The number of amides is 1. The Bertz CT molecular complexity index is 921. The smallest absolute Gasteiger partial charge is 0.262 e. The predicted octanol–water partition coefficient (Wildman–Crippen LogP) is 5.33. The summed E-state index contributed by atoms with van der Waals surface area (Å²) >= 11 is 0. The molecule has 4 heteroatoms. The number of benzene rings is 3. The van der Waals surface area contributed by atoms with Gasteiger partial charge in [0.1, 0.15) is 11.5 Å². The summed E-state index contributed by atoms with van der Waals surface area (Å²) < 4.78 is 11.4. The number of rotatable bonds is 9. The zero-order chi connectivity index (χ0) is 20.5. The summed E-state index contributed by atoms with van der Waals surface area (Å²) in [5, 5.41) is 2.84. The predicted molar refractivity (Wildman–Crippen MR) is 117 cm³/mol. The number of ether oxygens (including phenoxy) is 2. The highest BCUT2D eigenvalue weighted by Gasteiger charge is 2.06. The van der Waals surface area contributed by atoms with Gasteiger partial charge in [0.15, 0.2) is 6.61 Å². The highest BCUT2D eigenvalue weighted by atomic mass is 16.5. The summed E-state index contributed by atoms with van der Waals surface area (Å²) in [6.45, 7) is 4.63. The van der Waals surface area contributed by atoms with Crippen molar-refractivity contribution in [2.75, 3.05) is 18.5 Å². The van der Waals surface area contributed by atoms with E-state index in [-0.39, 0.29) is 12.5 Å². The molecule has 4 nitrogen and oxygen atoms in total. The van der Waals surface area contributed by atoms with Crippen LogP contribution in [0.15, 0.2) is 72.8 Å². The van der Waals surface area contributed by atoms with Crippen LogP contribution in [0, 0.1) is 13.8 Å².